The third-order valence-corrected chi connectivity index (χ3v) is 6.05. The summed E-state index contributed by atoms with van der Waals surface area (Å²) in [5.74, 6) is -0.478. The smallest absolute Gasteiger partial charge is 0.263 e. The average molecular weight is 362 g/mol. The molecule has 7 nitrogen and oxygen atoms in total. The van der Waals surface area contributed by atoms with Gasteiger partial charge in [0.1, 0.15) is 0 Å². The van der Waals surface area contributed by atoms with Crippen LogP contribution in [-0.2, 0) is 17.1 Å². The zero-order valence-electron chi connectivity index (χ0n) is 14.4. The van der Waals surface area contributed by atoms with Crippen LogP contribution in [0.1, 0.15) is 35.2 Å². The molecule has 25 heavy (non-hydrogen) atoms. The van der Waals surface area contributed by atoms with Crippen LogP contribution in [0.25, 0.3) is 0 Å². The Hall–Kier alpha value is -2.19. The number of amides is 1. The van der Waals surface area contributed by atoms with E-state index in [9.17, 15) is 13.2 Å². The van der Waals surface area contributed by atoms with Gasteiger partial charge in [-0.3, -0.25) is 9.48 Å². The molecule has 8 heteroatoms. The highest BCUT2D eigenvalue weighted by Crippen LogP contribution is 2.23. The minimum absolute atomic E-state index is 0.0644. The lowest BCUT2D eigenvalue weighted by atomic mass is 10.2. The number of piperidine rings is 1. The number of rotatable bonds is 4. The molecule has 0 aliphatic carbocycles. The van der Waals surface area contributed by atoms with Gasteiger partial charge in [0.25, 0.3) is 15.9 Å². The zero-order chi connectivity index (χ0) is 18.0. The SMILES string of the molecule is Cc1cccc(NC(=O)c2cn(C)nc2S(=O)(=O)N2CCCCC2)c1. The fourth-order valence-corrected chi connectivity index (χ4v) is 4.60. The molecular weight excluding hydrogens is 340 g/mol. The van der Waals surface area contributed by atoms with E-state index in [1.165, 1.54) is 15.2 Å². The molecular formula is C17H22N4O3S. The summed E-state index contributed by atoms with van der Waals surface area (Å²) < 4.78 is 28.6. The highest BCUT2D eigenvalue weighted by molar-refractivity contribution is 7.89. The van der Waals surface area contributed by atoms with E-state index in [4.69, 9.17) is 0 Å². The van der Waals surface area contributed by atoms with Gasteiger partial charge in [-0.25, -0.2) is 8.42 Å². The van der Waals surface area contributed by atoms with Crippen molar-refractivity contribution in [2.75, 3.05) is 18.4 Å². The van der Waals surface area contributed by atoms with Crippen molar-refractivity contribution in [1.29, 1.82) is 0 Å². The van der Waals surface area contributed by atoms with Gasteiger partial charge in [0, 0.05) is 32.0 Å². The van der Waals surface area contributed by atoms with Gasteiger partial charge in [0.2, 0.25) is 5.03 Å². The molecule has 0 saturated carbocycles. The molecule has 1 saturated heterocycles. The van der Waals surface area contributed by atoms with Crippen molar-refractivity contribution in [3.05, 3.63) is 41.6 Å². The van der Waals surface area contributed by atoms with Gasteiger partial charge in [-0.15, -0.1) is 0 Å². The van der Waals surface area contributed by atoms with Crippen molar-refractivity contribution in [1.82, 2.24) is 14.1 Å². The van der Waals surface area contributed by atoms with Gasteiger partial charge in [0.15, 0.2) is 0 Å². The highest BCUT2D eigenvalue weighted by atomic mass is 32.2. The number of hydrogen-bond donors (Lipinski definition) is 1. The average Bonchev–Trinajstić information content (AvgIpc) is 2.98. The van der Waals surface area contributed by atoms with Crippen LogP contribution >= 0.6 is 0 Å². The first kappa shape index (κ1) is 17.6. The molecule has 1 aromatic heterocycles. The molecule has 0 bridgehead atoms. The number of nitrogens with one attached hydrogen (secondary N) is 1. The third-order valence-electron chi connectivity index (χ3n) is 4.21. The number of carbonyl (C=O) groups excluding carboxylic acids is 1. The first-order valence-corrected chi connectivity index (χ1v) is 9.74. The van der Waals surface area contributed by atoms with Crippen LogP contribution in [-0.4, -0.2) is 41.5 Å². The van der Waals surface area contributed by atoms with Crippen LogP contribution in [0, 0.1) is 6.92 Å². The first-order chi connectivity index (χ1) is 11.9. The summed E-state index contributed by atoms with van der Waals surface area (Å²) in [7, 11) is -2.17. The second-order valence-electron chi connectivity index (χ2n) is 6.31. The largest absolute Gasteiger partial charge is 0.322 e. The van der Waals surface area contributed by atoms with Crippen LogP contribution in [0.4, 0.5) is 5.69 Å². The molecule has 1 aliphatic rings. The number of sulfonamides is 1. The van der Waals surface area contributed by atoms with E-state index < -0.39 is 15.9 Å². The summed E-state index contributed by atoms with van der Waals surface area (Å²) in [6, 6.07) is 7.35. The van der Waals surface area contributed by atoms with Gasteiger partial charge >= 0.3 is 0 Å². The van der Waals surface area contributed by atoms with Crippen LogP contribution in [0.15, 0.2) is 35.5 Å². The Bertz CT molecular complexity index is 883. The maximum absolute atomic E-state index is 12.9. The first-order valence-electron chi connectivity index (χ1n) is 8.30. The quantitative estimate of drug-likeness (QED) is 0.903. The second-order valence-corrected chi connectivity index (χ2v) is 8.16. The summed E-state index contributed by atoms with van der Waals surface area (Å²) in [6.45, 7) is 2.86. The number of nitrogens with zero attached hydrogens (tertiary/aromatic N) is 3. The Morgan fingerprint density at radius 2 is 1.92 bits per heavy atom. The number of aromatic nitrogens is 2. The molecule has 1 amide bonds. The molecule has 1 fully saturated rings. The Labute approximate surface area is 147 Å². The Morgan fingerprint density at radius 1 is 1.20 bits per heavy atom. The summed E-state index contributed by atoms with van der Waals surface area (Å²) in [4.78, 5) is 12.6. The van der Waals surface area contributed by atoms with E-state index in [-0.39, 0.29) is 10.6 Å². The number of carbonyl (C=O) groups is 1. The van der Waals surface area contributed by atoms with Crippen LogP contribution in [0.5, 0.6) is 0 Å². The normalized spacial score (nSPS) is 15.9. The minimum atomic E-state index is -3.78. The highest BCUT2D eigenvalue weighted by Gasteiger charge is 2.33. The zero-order valence-corrected chi connectivity index (χ0v) is 15.2. The number of anilines is 1. The molecule has 0 spiro atoms. The molecule has 0 unspecified atom stereocenters. The van der Waals surface area contributed by atoms with E-state index in [2.05, 4.69) is 10.4 Å². The second kappa shape index (κ2) is 6.97. The van der Waals surface area contributed by atoms with E-state index in [1.54, 1.807) is 13.1 Å². The van der Waals surface area contributed by atoms with Gasteiger partial charge in [-0.2, -0.15) is 9.40 Å². The lowest BCUT2D eigenvalue weighted by Crippen LogP contribution is -2.36. The lowest BCUT2D eigenvalue weighted by molar-refractivity contribution is 0.102. The predicted octanol–water partition coefficient (Wildman–Crippen LogP) is 2.16. The Kier molecular flexibility index (Phi) is 4.91. The fourth-order valence-electron chi connectivity index (χ4n) is 2.96. The van der Waals surface area contributed by atoms with Crippen molar-refractivity contribution in [2.45, 2.75) is 31.2 Å². The van der Waals surface area contributed by atoms with Gasteiger partial charge in [0.05, 0.1) is 5.56 Å². The van der Waals surface area contributed by atoms with Crippen LogP contribution in [0.3, 0.4) is 0 Å². The molecule has 3 rings (SSSR count). The molecule has 2 aromatic rings. The Morgan fingerprint density at radius 3 is 2.60 bits per heavy atom. The lowest BCUT2D eigenvalue weighted by Gasteiger charge is -2.25. The molecule has 0 atom stereocenters. The van der Waals surface area contributed by atoms with E-state index in [0.717, 1.165) is 24.8 Å². The summed E-state index contributed by atoms with van der Waals surface area (Å²) in [6.07, 6.45) is 4.13. The summed E-state index contributed by atoms with van der Waals surface area (Å²) in [5.41, 5.74) is 1.69. The maximum Gasteiger partial charge on any atom is 0.263 e. The van der Waals surface area contributed by atoms with Gasteiger partial charge < -0.3 is 5.32 Å². The number of benzene rings is 1. The minimum Gasteiger partial charge on any atom is -0.322 e. The molecule has 1 N–H and O–H groups in total. The van der Waals surface area contributed by atoms with Gasteiger partial charge in [-0.05, 0) is 37.5 Å². The Balaban J connectivity index is 1.91. The molecule has 1 aromatic carbocycles. The number of hydrogen-bond acceptors (Lipinski definition) is 4. The van der Waals surface area contributed by atoms with Crippen LogP contribution < -0.4 is 5.32 Å². The topological polar surface area (TPSA) is 84.3 Å². The summed E-state index contributed by atoms with van der Waals surface area (Å²) in [5, 5.41) is 6.64. The van der Waals surface area contributed by atoms with Gasteiger partial charge in [-0.1, -0.05) is 18.6 Å². The van der Waals surface area contributed by atoms with Crippen LogP contribution in [0.2, 0.25) is 0 Å². The van der Waals surface area contributed by atoms with Crippen molar-refractivity contribution in [3.63, 3.8) is 0 Å². The monoisotopic (exact) mass is 362 g/mol. The third kappa shape index (κ3) is 3.74. The molecule has 2 heterocycles. The molecule has 134 valence electrons. The maximum atomic E-state index is 12.9. The van der Waals surface area contributed by atoms with Crippen molar-refractivity contribution in [2.24, 2.45) is 7.05 Å². The predicted molar refractivity (Wildman–Crippen MR) is 95.0 cm³/mol. The van der Waals surface area contributed by atoms with E-state index in [1.807, 2.05) is 25.1 Å². The molecule has 1 aliphatic heterocycles. The van der Waals surface area contributed by atoms with E-state index >= 15 is 0 Å². The molecule has 0 radical (unpaired) electrons. The fraction of sp³-hybridized carbons (Fsp3) is 0.412. The standard InChI is InChI=1S/C17H22N4O3S/c1-13-7-6-8-14(11-13)18-16(22)15-12-20(2)19-17(15)25(23,24)21-9-4-3-5-10-21/h6-8,11-12H,3-5,9-10H2,1-2H3,(H,18,22). The van der Waals surface area contributed by atoms with Crippen molar-refractivity contribution >= 4 is 21.6 Å². The van der Waals surface area contributed by atoms with Crippen molar-refractivity contribution in [3.8, 4) is 0 Å². The number of aryl methyl sites for hydroxylation is 2. The van der Waals surface area contributed by atoms with Crippen molar-refractivity contribution < 1.29 is 13.2 Å². The van der Waals surface area contributed by atoms with E-state index in [0.29, 0.717) is 18.8 Å². The summed E-state index contributed by atoms with van der Waals surface area (Å²) >= 11 is 0.